The third-order valence-corrected chi connectivity index (χ3v) is 3.37. The average molecular weight is 316 g/mol. The second-order valence-electron chi connectivity index (χ2n) is 4.36. The molecule has 1 aromatic carbocycles. The van der Waals surface area contributed by atoms with Crippen molar-refractivity contribution in [3.8, 4) is 5.75 Å². The van der Waals surface area contributed by atoms with Gasteiger partial charge in [0.15, 0.2) is 5.84 Å². The monoisotopic (exact) mass is 316 g/mol. The van der Waals surface area contributed by atoms with Crippen LogP contribution in [-0.4, -0.2) is 45.9 Å². The Morgan fingerprint density at radius 1 is 1.43 bits per heavy atom. The molecule has 118 valence electrons. The highest BCUT2D eigenvalue weighted by Crippen LogP contribution is 2.19. The summed E-state index contributed by atoms with van der Waals surface area (Å²) in [6.45, 7) is 1.35. The molecule has 0 aliphatic carbocycles. The van der Waals surface area contributed by atoms with Crippen molar-refractivity contribution in [1.29, 1.82) is 0 Å². The molecule has 0 aliphatic rings. The fraction of sp³-hybridized carbons (Fsp3) is 0.417. The van der Waals surface area contributed by atoms with Crippen LogP contribution in [0.4, 0.5) is 0 Å². The number of nitrogens with zero attached hydrogens (tertiary/aromatic N) is 1. The van der Waals surface area contributed by atoms with Crippen molar-refractivity contribution in [2.75, 3.05) is 26.5 Å². The minimum Gasteiger partial charge on any atom is -0.496 e. The summed E-state index contributed by atoms with van der Waals surface area (Å²) in [5.74, 6) is 0.475. The summed E-state index contributed by atoms with van der Waals surface area (Å²) in [5.41, 5.74) is 6.97. The Bertz CT molecular complexity index is 601. The Labute approximate surface area is 124 Å². The lowest BCUT2D eigenvalue weighted by Crippen LogP contribution is -2.30. The van der Waals surface area contributed by atoms with Gasteiger partial charge >= 0.3 is 0 Å². The van der Waals surface area contributed by atoms with Crippen molar-refractivity contribution >= 4 is 15.9 Å². The Morgan fingerprint density at radius 3 is 2.71 bits per heavy atom. The Balaban J connectivity index is 2.57. The third-order valence-electron chi connectivity index (χ3n) is 2.64. The number of sulfonamides is 1. The lowest BCUT2D eigenvalue weighted by molar-refractivity contribution is 0.318. The maximum Gasteiger partial charge on any atom is 0.208 e. The maximum atomic E-state index is 10.9. The van der Waals surface area contributed by atoms with Crippen LogP contribution in [0.2, 0.25) is 0 Å². The van der Waals surface area contributed by atoms with Gasteiger partial charge in [-0.1, -0.05) is 11.2 Å². The first kappa shape index (κ1) is 17.2. The van der Waals surface area contributed by atoms with Gasteiger partial charge < -0.3 is 21.0 Å². The van der Waals surface area contributed by atoms with Gasteiger partial charge in [0.2, 0.25) is 10.0 Å². The smallest absolute Gasteiger partial charge is 0.208 e. The van der Waals surface area contributed by atoms with E-state index in [9.17, 15) is 8.42 Å². The molecule has 0 heterocycles. The summed E-state index contributed by atoms with van der Waals surface area (Å²) in [7, 11) is -1.66. The SMILES string of the molecule is COc1cc(CNCCNS(C)(=O)=O)ccc1/C(N)=N/O. The predicted molar refractivity (Wildman–Crippen MR) is 80.1 cm³/mol. The minimum atomic E-state index is -3.16. The number of oxime groups is 1. The molecule has 0 unspecified atom stereocenters. The summed E-state index contributed by atoms with van der Waals surface area (Å²) >= 11 is 0. The number of hydrogen-bond acceptors (Lipinski definition) is 6. The first-order valence-corrected chi connectivity index (χ1v) is 8.06. The molecule has 0 saturated carbocycles. The summed E-state index contributed by atoms with van der Waals surface area (Å²) in [6.07, 6.45) is 1.11. The highest BCUT2D eigenvalue weighted by atomic mass is 32.2. The minimum absolute atomic E-state index is 0.0243. The van der Waals surface area contributed by atoms with E-state index in [0.29, 0.717) is 30.9 Å². The van der Waals surface area contributed by atoms with E-state index in [1.807, 2.05) is 6.07 Å². The van der Waals surface area contributed by atoms with E-state index >= 15 is 0 Å². The van der Waals surface area contributed by atoms with E-state index in [1.165, 1.54) is 7.11 Å². The van der Waals surface area contributed by atoms with E-state index in [0.717, 1.165) is 11.8 Å². The molecule has 21 heavy (non-hydrogen) atoms. The number of methoxy groups -OCH3 is 1. The zero-order valence-corrected chi connectivity index (χ0v) is 12.8. The van der Waals surface area contributed by atoms with E-state index in [-0.39, 0.29) is 5.84 Å². The van der Waals surface area contributed by atoms with Crippen LogP contribution in [0, 0.1) is 0 Å². The summed E-state index contributed by atoms with van der Waals surface area (Å²) < 4.78 is 29.3. The normalized spacial score (nSPS) is 12.4. The number of benzene rings is 1. The second-order valence-corrected chi connectivity index (χ2v) is 6.20. The molecule has 1 aromatic rings. The maximum absolute atomic E-state index is 10.9. The predicted octanol–water partition coefficient (Wildman–Crippen LogP) is -0.571. The van der Waals surface area contributed by atoms with Crippen LogP contribution in [0.5, 0.6) is 5.75 Å². The molecule has 8 nitrogen and oxygen atoms in total. The lowest BCUT2D eigenvalue weighted by atomic mass is 10.1. The van der Waals surface area contributed by atoms with Crippen molar-refractivity contribution in [3.63, 3.8) is 0 Å². The van der Waals surface area contributed by atoms with Gasteiger partial charge in [-0.05, 0) is 17.7 Å². The fourth-order valence-electron chi connectivity index (χ4n) is 1.67. The molecule has 1 rings (SSSR count). The number of nitrogens with two attached hydrogens (primary N) is 1. The molecular weight excluding hydrogens is 296 g/mol. The summed E-state index contributed by atoms with van der Waals surface area (Å²) in [4.78, 5) is 0. The standard InChI is InChI=1S/C12H20N4O4S/c1-20-11-7-9(3-4-10(11)12(13)16-17)8-14-5-6-15-21(2,18)19/h3-4,7,14-15,17H,5-6,8H2,1-2H3,(H2,13,16). The molecule has 0 atom stereocenters. The first-order chi connectivity index (χ1) is 9.87. The fourth-order valence-corrected chi connectivity index (χ4v) is 2.14. The Morgan fingerprint density at radius 2 is 2.14 bits per heavy atom. The molecule has 0 aromatic heterocycles. The largest absolute Gasteiger partial charge is 0.496 e. The zero-order valence-electron chi connectivity index (χ0n) is 12.0. The van der Waals surface area contributed by atoms with Gasteiger partial charge in [-0.2, -0.15) is 0 Å². The van der Waals surface area contributed by atoms with Crippen LogP contribution in [0.15, 0.2) is 23.4 Å². The highest BCUT2D eigenvalue weighted by Gasteiger charge is 2.08. The molecule has 0 bridgehead atoms. The molecule has 0 amide bonds. The van der Waals surface area contributed by atoms with Crippen molar-refractivity contribution in [2.24, 2.45) is 10.9 Å². The van der Waals surface area contributed by atoms with Crippen LogP contribution in [-0.2, 0) is 16.6 Å². The molecule has 0 radical (unpaired) electrons. The number of rotatable bonds is 8. The van der Waals surface area contributed by atoms with Crippen LogP contribution in [0.1, 0.15) is 11.1 Å². The van der Waals surface area contributed by atoms with Gasteiger partial charge in [-0.15, -0.1) is 0 Å². The molecule has 5 N–H and O–H groups in total. The molecule has 0 saturated heterocycles. The van der Waals surface area contributed by atoms with Crippen LogP contribution in [0.3, 0.4) is 0 Å². The number of amidine groups is 1. The average Bonchev–Trinajstić information content (AvgIpc) is 2.44. The number of nitrogens with one attached hydrogen (secondary N) is 2. The molecule has 0 fully saturated rings. The Hall–Kier alpha value is -1.84. The van der Waals surface area contributed by atoms with Gasteiger partial charge in [0.1, 0.15) is 5.75 Å². The molecular formula is C12H20N4O4S. The van der Waals surface area contributed by atoms with Crippen molar-refractivity contribution in [2.45, 2.75) is 6.54 Å². The number of ether oxygens (including phenoxy) is 1. The van der Waals surface area contributed by atoms with E-state index in [4.69, 9.17) is 15.7 Å². The first-order valence-electron chi connectivity index (χ1n) is 6.17. The quantitative estimate of drug-likeness (QED) is 0.167. The third kappa shape index (κ3) is 5.98. The second kappa shape index (κ2) is 7.81. The van der Waals surface area contributed by atoms with Crippen molar-refractivity contribution in [3.05, 3.63) is 29.3 Å². The van der Waals surface area contributed by atoms with Gasteiger partial charge in [0.05, 0.1) is 18.9 Å². The Kier molecular flexibility index (Phi) is 6.40. The highest BCUT2D eigenvalue weighted by molar-refractivity contribution is 7.88. The topological polar surface area (TPSA) is 126 Å². The summed E-state index contributed by atoms with van der Waals surface area (Å²) in [6, 6.07) is 5.27. The number of hydrogen-bond donors (Lipinski definition) is 4. The molecule has 9 heteroatoms. The van der Waals surface area contributed by atoms with Crippen molar-refractivity contribution < 1.29 is 18.4 Å². The van der Waals surface area contributed by atoms with E-state index in [2.05, 4.69) is 15.2 Å². The van der Waals surface area contributed by atoms with E-state index < -0.39 is 10.0 Å². The van der Waals surface area contributed by atoms with Gasteiger partial charge in [0, 0.05) is 19.6 Å². The van der Waals surface area contributed by atoms with Crippen LogP contribution >= 0.6 is 0 Å². The van der Waals surface area contributed by atoms with Crippen LogP contribution in [0.25, 0.3) is 0 Å². The van der Waals surface area contributed by atoms with Crippen molar-refractivity contribution in [1.82, 2.24) is 10.0 Å². The van der Waals surface area contributed by atoms with E-state index in [1.54, 1.807) is 12.1 Å². The summed E-state index contributed by atoms with van der Waals surface area (Å²) in [5, 5.41) is 14.7. The molecule has 0 spiro atoms. The lowest BCUT2D eigenvalue weighted by Gasteiger charge is -2.10. The van der Waals surface area contributed by atoms with Gasteiger partial charge in [0.25, 0.3) is 0 Å². The van der Waals surface area contributed by atoms with Gasteiger partial charge in [-0.3, -0.25) is 0 Å². The van der Waals surface area contributed by atoms with Gasteiger partial charge in [-0.25, -0.2) is 13.1 Å². The molecule has 0 aliphatic heterocycles. The van der Waals surface area contributed by atoms with Crippen LogP contribution < -0.4 is 20.5 Å². The zero-order chi connectivity index (χ0) is 15.9.